The van der Waals surface area contributed by atoms with Crippen LogP contribution in [0.25, 0.3) is 0 Å². The van der Waals surface area contributed by atoms with Crippen LogP contribution in [0.15, 0.2) is 0 Å². The number of hydrogen-bond donors (Lipinski definition) is 1. The van der Waals surface area contributed by atoms with Gasteiger partial charge in [-0.1, -0.05) is 13.8 Å². The first kappa shape index (κ1) is 11.1. The number of amides is 1. The quantitative estimate of drug-likeness (QED) is 0.837. The number of aromatic nitrogens is 3. The Morgan fingerprint density at radius 1 is 1.62 bits per heavy atom. The highest BCUT2D eigenvalue weighted by atomic mass is 16.2. The highest BCUT2D eigenvalue weighted by Crippen LogP contribution is 2.16. The number of carbonyl (C=O) groups is 1. The van der Waals surface area contributed by atoms with Crippen molar-refractivity contribution in [3.8, 4) is 0 Å². The molecule has 0 aromatic carbocycles. The van der Waals surface area contributed by atoms with Gasteiger partial charge >= 0.3 is 0 Å². The van der Waals surface area contributed by atoms with Crippen LogP contribution in [0, 0.1) is 5.92 Å². The molecule has 1 amide bonds. The van der Waals surface area contributed by atoms with Crippen LogP contribution >= 0.6 is 0 Å². The van der Waals surface area contributed by atoms with Crippen molar-refractivity contribution in [3.63, 3.8) is 0 Å². The molecule has 5 nitrogen and oxygen atoms in total. The Hall–Kier alpha value is -1.39. The maximum Gasteiger partial charge on any atom is 0.293 e. The summed E-state index contributed by atoms with van der Waals surface area (Å²) in [6.07, 6.45) is 2.93. The van der Waals surface area contributed by atoms with Crippen molar-refractivity contribution in [1.29, 1.82) is 0 Å². The van der Waals surface area contributed by atoms with E-state index in [9.17, 15) is 4.79 Å². The maximum atomic E-state index is 12.0. The van der Waals surface area contributed by atoms with Crippen molar-refractivity contribution in [3.05, 3.63) is 11.6 Å². The molecule has 1 aromatic rings. The third-order valence-corrected chi connectivity index (χ3v) is 2.92. The lowest BCUT2D eigenvalue weighted by molar-refractivity contribution is 0.0776. The Morgan fingerprint density at radius 2 is 2.44 bits per heavy atom. The van der Waals surface area contributed by atoms with Crippen LogP contribution in [0.1, 0.15) is 43.1 Å². The summed E-state index contributed by atoms with van der Waals surface area (Å²) in [7, 11) is 0. The van der Waals surface area contributed by atoms with Gasteiger partial charge in [0.1, 0.15) is 5.82 Å². The molecule has 1 aliphatic rings. The summed E-state index contributed by atoms with van der Waals surface area (Å²) in [6, 6.07) is 0. The summed E-state index contributed by atoms with van der Waals surface area (Å²) in [4.78, 5) is 18.0. The van der Waals surface area contributed by atoms with Gasteiger partial charge in [0.05, 0.1) is 0 Å². The van der Waals surface area contributed by atoms with E-state index in [1.165, 1.54) is 0 Å². The minimum absolute atomic E-state index is 0.0389. The average Bonchev–Trinajstić information content (AvgIpc) is 2.87. The van der Waals surface area contributed by atoms with Crippen molar-refractivity contribution in [2.45, 2.75) is 33.1 Å². The maximum absolute atomic E-state index is 12.0. The zero-order valence-corrected chi connectivity index (χ0v) is 9.86. The van der Waals surface area contributed by atoms with Crippen molar-refractivity contribution >= 4 is 5.91 Å². The first-order chi connectivity index (χ1) is 7.70. The summed E-state index contributed by atoms with van der Waals surface area (Å²) in [6.45, 7) is 5.90. The number of aromatic amines is 1. The van der Waals surface area contributed by atoms with Gasteiger partial charge in [-0.25, -0.2) is 4.98 Å². The summed E-state index contributed by atoms with van der Waals surface area (Å²) >= 11 is 0. The van der Waals surface area contributed by atoms with Gasteiger partial charge < -0.3 is 4.90 Å². The van der Waals surface area contributed by atoms with E-state index in [1.807, 2.05) is 4.90 Å². The molecule has 1 aliphatic heterocycles. The molecule has 16 heavy (non-hydrogen) atoms. The van der Waals surface area contributed by atoms with E-state index in [-0.39, 0.29) is 5.91 Å². The smallest absolute Gasteiger partial charge is 0.293 e. The van der Waals surface area contributed by atoms with Crippen molar-refractivity contribution in [2.75, 3.05) is 13.1 Å². The van der Waals surface area contributed by atoms with Gasteiger partial charge in [0.25, 0.3) is 5.91 Å². The number of likely N-dealkylation sites (tertiary alicyclic amines) is 1. The fourth-order valence-electron chi connectivity index (χ4n) is 2.00. The Bertz CT molecular complexity index is 374. The SMILES string of the molecule is CCCc1nc(C(=O)N2CCC(C)C2)n[nH]1. The summed E-state index contributed by atoms with van der Waals surface area (Å²) in [5.74, 6) is 1.68. The fourth-order valence-corrected chi connectivity index (χ4v) is 2.00. The molecule has 1 N–H and O–H groups in total. The molecular weight excluding hydrogens is 204 g/mol. The van der Waals surface area contributed by atoms with E-state index in [2.05, 4.69) is 29.0 Å². The Morgan fingerprint density at radius 3 is 3.06 bits per heavy atom. The molecule has 2 heterocycles. The zero-order chi connectivity index (χ0) is 11.5. The van der Waals surface area contributed by atoms with Crippen LogP contribution in [0.2, 0.25) is 0 Å². The predicted octanol–water partition coefficient (Wildman–Crippen LogP) is 1.24. The number of rotatable bonds is 3. The Kier molecular flexibility index (Phi) is 3.22. The molecule has 0 bridgehead atoms. The van der Waals surface area contributed by atoms with Gasteiger partial charge in [0, 0.05) is 19.5 Å². The van der Waals surface area contributed by atoms with E-state index >= 15 is 0 Å². The van der Waals surface area contributed by atoms with E-state index < -0.39 is 0 Å². The molecule has 1 unspecified atom stereocenters. The highest BCUT2D eigenvalue weighted by molar-refractivity contribution is 5.90. The molecule has 0 saturated carbocycles. The molecule has 88 valence electrons. The molecule has 0 spiro atoms. The summed E-state index contributed by atoms with van der Waals surface area (Å²) in [5, 5.41) is 6.79. The third kappa shape index (κ3) is 2.23. The number of hydrogen-bond acceptors (Lipinski definition) is 3. The van der Waals surface area contributed by atoms with Crippen molar-refractivity contribution < 1.29 is 4.79 Å². The largest absolute Gasteiger partial charge is 0.336 e. The van der Waals surface area contributed by atoms with E-state index in [1.54, 1.807) is 0 Å². The normalized spacial score (nSPS) is 20.4. The van der Waals surface area contributed by atoms with Crippen LogP contribution in [0.4, 0.5) is 0 Å². The predicted molar refractivity (Wildman–Crippen MR) is 60.1 cm³/mol. The van der Waals surface area contributed by atoms with Crippen molar-refractivity contribution in [1.82, 2.24) is 20.1 Å². The third-order valence-electron chi connectivity index (χ3n) is 2.92. The van der Waals surface area contributed by atoms with Gasteiger partial charge in [-0.15, -0.1) is 5.10 Å². The molecule has 1 fully saturated rings. The van der Waals surface area contributed by atoms with Crippen LogP contribution in [-0.2, 0) is 6.42 Å². The standard InChI is InChI=1S/C11H18N4O/c1-3-4-9-12-10(14-13-9)11(16)15-6-5-8(2)7-15/h8H,3-7H2,1-2H3,(H,12,13,14). The second kappa shape index (κ2) is 4.63. The lowest BCUT2D eigenvalue weighted by Crippen LogP contribution is -2.29. The molecule has 0 aliphatic carbocycles. The molecule has 2 rings (SSSR count). The minimum atomic E-state index is -0.0389. The number of aryl methyl sites for hydroxylation is 1. The van der Waals surface area contributed by atoms with Crippen LogP contribution in [-0.4, -0.2) is 39.1 Å². The van der Waals surface area contributed by atoms with Gasteiger partial charge in [-0.05, 0) is 18.8 Å². The fraction of sp³-hybridized carbons (Fsp3) is 0.727. The second-order valence-corrected chi connectivity index (χ2v) is 4.50. The zero-order valence-electron chi connectivity index (χ0n) is 9.86. The molecule has 1 aromatic heterocycles. The average molecular weight is 222 g/mol. The minimum Gasteiger partial charge on any atom is -0.336 e. The molecule has 5 heteroatoms. The van der Waals surface area contributed by atoms with E-state index in [0.29, 0.717) is 11.7 Å². The first-order valence-corrected chi connectivity index (χ1v) is 5.91. The first-order valence-electron chi connectivity index (χ1n) is 5.91. The van der Waals surface area contributed by atoms with Gasteiger partial charge in [-0.3, -0.25) is 9.89 Å². The monoisotopic (exact) mass is 222 g/mol. The van der Waals surface area contributed by atoms with Crippen LogP contribution < -0.4 is 0 Å². The van der Waals surface area contributed by atoms with Gasteiger partial charge in [0.15, 0.2) is 0 Å². The molecule has 0 radical (unpaired) electrons. The topological polar surface area (TPSA) is 61.9 Å². The summed E-state index contributed by atoms with van der Waals surface area (Å²) in [5.41, 5.74) is 0. The van der Waals surface area contributed by atoms with Crippen molar-refractivity contribution in [2.24, 2.45) is 5.92 Å². The van der Waals surface area contributed by atoms with Gasteiger partial charge in [0.2, 0.25) is 5.82 Å². The highest BCUT2D eigenvalue weighted by Gasteiger charge is 2.26. The van der Waals surface area contributed by atoms with Crippen LogP contribution in [0.3, 0.4) is 0 Å². The number of carbonyl (C=O) groups excluding carboxylic acids is 1. The van der Waals surface area contributed by atoms with E-state index in [0.717, 1.165) is 38.2 Å². The van der Waals surface area contributed by atoms with Crippen LogP contribution in [0.5, 0.6) is 0 Å². The number of H-pyrrole nitrogens is 1. The van der Waals surface area contributed by atoms with E-state index in [4.69, 9.17) is 0 Å². The number of nitrogens with one attached hydrogen (secondary N) is 1. The summed E-state index contributed by atoms with van der Waals surface area (Å²) < 4.78 is 0. The number of nitrogens with zero attached hydrogens (tertiary/aromatic N) is 3. The Labute approximate surface area is 95.2 Å². The second-order valence-electron chi connectivity index (χ2n) is 4.50. The molecule has 1 saturated heterocycles. The Balaban J connectivity index is 2.03. The molecule has 1 atom stereocenters. The lowest BCUT2D eigenvalue weighted by Gasteiger charge is -2.12. The lowest BCUT2D eigenvalue weighted by atomic mass is 10.2. The molecular formula is C11H18N4O. The van der Waals surface area contributed by atoms with Gasteiger partial charge in [-0.2, -0.15) is 0 Å².